The van der Waals surface area contributed by atoms with Crippen LogP contribution in [-0.2, 0) is 14.6 Å². The number of nitrogens with zero attached hydrogens (tertiary/aromatic N) is 1. The predicted octanol–water partition coefficient (Wildman–Crippen LogP) is 1.92. The number of fused-ring (bicyclic) bond motifs is 1. The number of hydrogen-bond acceptors (Lipinski definition) is 6. The van der Waals surface area contributed by atoms with Crippen molar-refractivity contribution < 1.29 is 27.4 Å². The largest absolute Gasteiger partial charge is 0.486 e. The van der Waals surface area contributed by atoms with Crippen LogP contribution in [0.5, 0.6) is 11.5 Å². The molecular weight excluding hydrogens is 394 g/mol. The standard InChI is InChI=1S/C18H22ClNO6S/c19-15-8-12(9-16-17(15)26-6-5-25-16)18(21)20(10-14-2-1-4-24-14)13-3-7-27(22,23)11-13/h8-9,13-14H,1-7,10-11H2. The molecular formula is C18H22ClNO6S. The number of carbonyl (C=O) groups excluding carboxylic acids is 1. The van der Waals surface area contributed by atoms with Gasteiger partial charge in [0.2, 0.25) is 0 Å². The molecule has 7 nitrogen and oxygen atoms in total. The third-order valence-corrected chi connectivity index (χ3v) is 7.21. The Kier molecular flexibility index (Phi) is 5.22. The second kappa shape index (κ2) is 7.48. The summed E-state index contributed by atoms with van der Waals surface area (Å²) in [7, 11) is -3.12. The molecule has 2 saturated heterocycles. The van der Waals surface area contributed by atoms with Crippen LogP contribution in [0.4, 0.5) is 0 Å². The molecule has 0 spiro atoms. The number of halogens is 1. The first-order valence-electron chi connectivity index (χ1n) is 9.15. The number of carbonyl (C=O) groups is 1. The van der Waals surface area contributed by atoms with Gasteiger partial charge in [0.05, 0.1) is 22.6 Å². The minimum Gasteiger partial charge on any atom is -0.486 e. The SMILES string of the molecule is O=C(c1cc(Cl)c2c(c1)OCCO2)N(CC1CCCO1)C1CCS(=O)(=O)C1. The Balaban J connectivity index is 1.62. The summed E-state index contributed by atoms with van der Waals surface area (Å²) in [5.74, 6) is 0.715. The van der Waals surface area contributed by atoms with E-state index in [0.717, 1.165) is 12.8 Å². The van der Waals surface area contributed by atoms with Crippen molar-refractivity contribution in [3.8, 4) is 11.5 Å². The number of benzene rings is 1. The fraction of sp³-hybridized carbons (Fsp3) is 0.611. The highest BCUT2D eigenvalue weighted by Crippen LogP contribution is 2.39. The summed E-state index contributed by atoms with van der Waals surface area (Å²) in [6, 6.07) is 2.83. The quantitative estimate of drug-likeness (QED) is 0.747. The highest BCUT2D eigenvalue weighted by atomic mass is 35.5. The minimum absolute atomic E-state index is 0.0102. The van der Waals surface area contributed by atoms with E-state index in [2.05, 4.69) is 0 Å². The summed E-state index contributed by atoms with van der Waals surface area (Å²) in [4.78, 5) is 14.9. The van der Waals surface area contributed by atoms with Crippen LogP contribution < -0.4 is 9.47 Å². The van der Waals surface area contributed by atoms with Gasteiger partial charge in [0, 0.05) is 24.8 Å². The first-order chi connectivity index (χ1) is 12.9. The van der Waals surface area contributed by atoms with Crippen LogP contribution in [-0.4, -0.2) is 69.2 Å². The molecule has 3 aliphatic rings. The molecule has 9 heteroatoms. The Labute approximate surface area is 163 Å². The first-order valence-corrected chi connectivity index (χ1v) is 11.3. The summed E-state index contributed by atoms with van der Waals surface area (Å²) in [6.45, 7) is 1.85. The van der Waals surface area contributed by atoms with Gasteiger partial charge in [-0.05, 0) is 31.4 Å². The molecule has 27 heavy (non-hydrogen) atoms. The number of hydrogen-bond donors (Lipinski definition) is 0. The van der Waals surface area contributed by atoms with Gasteiger partial charge >= 0.3 is 0 Å². The fourth-order valence-electron chi connectivity index (χ4n) is 3.83. The predicted molar refractivity (Wildman–Crippen MR) is 99.5 cm³/mol. The second-order valence-electron chi connectivity index (χ2n) is 7.13. The molecule has 0 bridgehead atoms. The van der Waals surface area contributed by atoms with Crippen molar-refractivity contribution in [3.63, 3.8) is 0 Å². The minimum atomic E-state index is -3.12. The summed E-state index contributed by atoms with van der Waals surface area (Å²) >= 11 is 6.28. The van der Waals surface area contributed by atoms with E-state index in [9.17, 15) is 13.2 Å². The van der Waals surface area contributed by atoms with E-state index >= 15 is 0 Å². The average molecular weight is 416 g/mol. The van der Waals surface area contributed by atoms with Crippen LogP contribution in [0, 0.1) is 0 Å². The van der Waals surface area contributed by atoms with E-state index < -0.39 is 9.84 Å². The smallest absolute Gasteiger partial charge is 0.254 e. The van der Waals surface area contributed by atoms with Gasteiger partial charge in [0.15, 0.2) is 21.3 Å². The number of amides is 1. The topological polar surface area (TPSA) is 82.1 Å². The average Bonchev–Trinajstić information content (AvgIpc) is 3.28. The highest BCUT2D eigenvalue weighted by molar-refractivity contribution is 7.91. The Hall–Kier alpha value is -1.51. The molecule has 1 amide bonds. The molecule has 0 aliphatic carbocycles. The normalized spacial score (nSPS) is 26.1. The molecule has 3 aliphatic heterocycles. The molecule has 0 aromatic heterocycles. The summed E-state index contributed by atoms with van der Waals surface area (Å²) in [5, 5.41) is 0.312. The van der Waals surface area contributed by atoms with Gasteiger partial charge in [-0.3, -0.25) is 4.79 Å². The molecule has 148 valence electrons. The van der Waals surface area contributed by atoms with E-state index in [1.54, 1.807) is 17.0 Å². The second-order valence-corrected chi connectivity index (χ2v) is 9.77. The van der Waals surface area contributed by atoms with Crippen molar-refractivity contribution in [2.75, 3.05) is 37.9 Å². The van der Waals surface area contributed by atoms with E-state index in [4.69, 9.17) is 25.8 Å². The van der Waals surface area contributed by atoms with Crippen LogP contribution in [0.15, 0.2) is 12.1 Å². The van der Waals surface area contributed by atoms with Crippen molar-refractivity contribution in [1.29, 1.82) is 0 Å². The lowest BCUT2D eigenvalue weighted by molar-refractivity contribution is 0.0441. The van der Waals surface area contributed by atoms with E-state index in [-0.39, 0.29) is 29.6 Å². The Morgan fingerprint density at radius 1 is 1.19 bits per heavy atom. The van der Waals surface area contributed by atoms with Gasteiger partial charge < -0.3 is 19.1 Å². The van der Waals surface area contributed by atoms with Crippen LogP contribution in [0.2, 0.25) is 5.02 Å². The molecule has 0 radical (unpaired) electrons. The molecule has 0 N–H and O–H groups in total. The van der Waals surface area contributed by atoms with Crippen LogP contribution in [0.1, 0.15) is 29.6 Å². The van der Waals surface area contributed by atoms with Crippen LogP contribution in [0.25, 0.3) is 0 Å². The van der Waals surface area contributed by atoms with Gasteiger partial charge in [-0.2, -0.15) is 0 Å². The molecule has 3 heterocycles. The third-order valence-electron chi connectivity index (χ3n) is 5.18. The van der Waals surface area contributed by atoms with E-state index in [0.29, 0.717) is 54.9 Å². The van der Waals surface area contributed by atoms with Crippen LogP contribution in [0.3, 0.4) is 0 Å². The van der Waals surface area contributed by atoms with Gasteiger partial charge in [0.25, 0.3) is 5.91 Å². The van der Waals surface area contributed by atoms with Crippen molar-refractivity contribution in [2.45, 2.75) is 31.4 Å². The maximum absolute atomic E-state index is 13.3. The van der Waals surface area contributed by atoms with Crippen molar-refractivity contribution in [3.05, 3.63) is 22.7 Å². The Morgan fingerprint density at radius 2 is 2.00 bits per heavy atom. The van der Waals surface area contributed by atoms with Crippen molar-refractivity contribution in [1.82, 2.24) is 4.90 Å². The van der Waals surface area contributed by atoms with Gasteiger partial charge in [-0.1, -0.05) is 11.6 Å². The lowest BCUT2D eigenvalue weighted by Crippen LogP contribution is -2.45. The summed E-state index contributed by atoms with van der Waals surface area (Å²) < 4.78 is 40.7. The monoisotopic (exact) mass is 415 g/mol. The van der Waals surface area contributed by atoms with Crippen molar-refractivity contribution in [2.24, 2.45) is 0 Å². The van der Waals surface area contributed by atoms with Gasteiger partial charge in [0.1, 0.15) is 13.2 Å². The Bertz CT molecular complexity index is 836. The molecule has 4 rings (SSSR count). The van der Waals surface area contributed by atoms with E-state index in [1.807, 2.05) is 0 Å². The zero-order chi connectivity index (χ0) is 19.0. The van der Waals surface area contributed by atoms with Crippen molar-refractivity contribution >= 4 is 27.3 Å². The molecule has 1 aromatic rings. The zero-order valence-electron chi connectivity index (χ0n) is 14.9. The molecule has 0 saturated carbocycles. The highest BCUT2D eigenvalue weighted by Gasteiger charge is 2.37. The summed E-state index contributed by atoms with van der Waals surface area (Å²) in [5.41, 5.74) is 0.367. The lowest BCUT2D eigenvalue weighted by Gasteiger charge is -2.31. The first kappa shape index (κ1) is 18.8. The molecule has 2 atom stereocenters. The van der Waals surface area contributed by atoms with Gasteiger partial charge in [-0.25, -0.2) is 8.42 Å². The number of ether oxygens (including phenoxy) is 3. The maximum Gasteiger partial charge on any atom is 0.254 e. The van der Waals surface area contributed by atoms with E-state index in [1.165, 1.54) is 0 Å². The van der Waals surface area contributed by atoms with Crippen LogP contribution >= 0.6 is 11.6 Å². The lowest BCUT2D eigenvalue weighted by atomic mass is 10.1. The number of sulfone groups is 1. The third kappa shape index (κ3) is 4.02. The molecule has 2 fully saturated rings. The zero-order valence-corrected chi connectivity index (χ0v) is 16.4. The molecule has 1 aromatic carbocycles. The maximum atomic E-state index is 13.3. The summed E-state index contributed by atoms with van der Waals surface area (Å²) in [6.07, 6.45) is 2.19. The van der Waals surface area contributed by atoms with Gasteiger partial charge in [-0.15, -0.1) is 0 Å². The number of rotatable bonds is 4. The Morgan fingerprint density at radius 3 is 2.70 bits per heavy atom. The fourth-order valence-corrected chi connectivity index (χ4v) is 5.82. The molecule has 2 unspecified atom stereocenters.